The Kier molecular flexibility index (Phi) is 2.68. The van der Waals surface area contributed by atoms with E-state index >= 15 is 0 Å². The second-order valence-electron chi connectivity index (χ2n) is 5.07. The predicted molar refractivity (Wildman–Crippen MR) is 81.7 cm³/mol. The van der Waals surface area contributed by atoms with Gasteiger partial charge in [0, 0.05) is 17.5 Å². The van der Waals surface area contributed by atoms with Gasteiger partial charge < -0.3 is 4.74 Å². The molecule has 0 fully saturated rings. The summed E-state index contributed by atoms with van der Waals surface area (Å²) < 4.78 is 5.82. The maximum absolute atomic E-state index is 5.82. The first kappa shape index (κ1) is 11.5. The van der Waals surface area contributed by atoms with Crippen molar-refractivity contribution in [3.8, 4) is 16.9 Å². The normalized spacial score (nSPS) is 13.8. The van der Waals surface area contributed by atoms with E-state index in [2.05, 4.69) is 59.9 Å². The quantitative estimate of drug-likeness (QED) is 0.716. The van der Waals surface area contributed by atoms with Crippen LogP contribution in [0.25, 0.3) is 21.9 Å². The van der Waals surface area contributed by atoms with E-state index in [0.29, 0.717) is 6.73 Å². The molecule has 1 heterocycles. The molecular weight excluding hydrogens is 246 g/mol. The van der Waals surface area contributed by atoms with E-state index in [1.807, 2.05) is 6.07 Å². The van der Waals surface area contributed by atoms with E-state index in [1.54, 1.807) is 0 Å². The fourth-order valence-corrected chi connectivity index (χ4v) is 2.77. The lowest BCUT2D eigenvalue weighted by Gasteiger charge is -2.20. The maximum Gasteiger partial charge on any atom is 0.139 e. The summed E-state index contributed by atoms with van der Waals surface area (Å²) in [5.41, 5.74) is 3.70. The monoisotopic (exact) mass is 261 g/mol. The molecule has 0 radical (unpaired) electrons. The number of rotatable bonds is 1. The Balaban J connectivity index is 1.94. The first-order valence-electron chi connectivity index (χ1n) is 6.86. The van der Waals surface area contributed by atoms with Crippen molar-refractivity contribution in [3.63, 3.8) is 0 Å². The van der Waals surface area contributed by atoms with Crippen LogP contribution in [0.3, 0.4) is 0 Å². The summed E-state index contributed by atoms with van der Waals surface area (Å²) in [6.45, 7) is 1.46. The molecule has 1 N–H and O–H groups in total. The van der Waals surface area contributed by atoms with E-state index in [1.165, 1.54) is 27.5 Å². The standard InChI is InChI=1S/C18H15NO/c1-2-4-13(5-3-1)15-8-6-14-7-9-16-11-19-12-20-18(16)17(14)10-15/h1-10,19H,11-12H2. The summed E-state index contributed by atoms with van der Waals surface area (Å²) in [4.78, 5) is 0. The second-order valence-corrected chi connectivity index (χ2v) is 5.07. The minimum absolute atomic E-state index is 0.585. The highest BCUT2D eigenvalue weighted by molar-refractivity contribution is 5.93. The summed E-state index contributed by atoms with van der Waals surface area (Å²) in [5, 5.41) is 5.66. The topological polar surface area (TPSA) is 21.3 Å². The molecule has 3 aromatic rings. The third-order valence-electron chi connectivity index (χ3n) is 3.79. The zero-order valence-electron chi connectivity index (χ0n) is 11.1. The smallest absolute Gasteiger partial charge is 0.139 e. The van der Waals surface area contributed by atoms with E-state index in [4.69, 9.17) is 4.74 Å². The van der Waals surface area contributed by atoms with E-state index in [0.717, 1.165) is 12.3 Å². The second kappa shape index (κ2) is 4.66. The van der Waals surface area contributed by atoms with Gasteiger partial charge in [-0.15, -0.1) is 0 Å². The maximum atomic E-state index is 5.82. The van der Waals surface area contributed by atoms with Crippen molar-refractivity contribution in [1.29, 1.82) is 0 Å². The summed E-state index contributed by atoms with van der Waals surface area (Å²) >= 11 is 0. The van der Waals surface area contributed by atoms with Gasteiger partial charge in [0.2, 0.25) is 0 Å². The Morgan fingerprint density at radius 2 is 1.70 bits per heavy atom. The molecule has 0 aliphatic carbocycles. The zero-order valence-corrected chi connectivity index (χ0v) is 11.1. The van der Waals surface area contributed by atoms with E-state index in [9.17, 15) is 0 Å². The lowest BCUT2D eigenvalue weighted by molar-refractivity contribution is 0.260. The van der Waals surface area contributed by atoms with Crippen molar-refractivity contribution in [2.45, 2.75) is 6.54 Å². The minimum atomic E-state index is 0.585. The van der Waals surface area contributed by atoms with Gasteiger partial charge in [0.1, 0.15) is 12.5 Å². The molecule has 2 nitrogen and oxygen atoms in total. The summed E-state index contributed by atoms with van der Waals surface area (Å²) in [5.74, 6) is 1.03. The van der Waals surface area contributed by atoms with Crippen LogP contribution in [0.1, 0.15) is 5.56 Å². The van der Waals surface area contributed by atoms with Crippen LogP contribution in [0.4, 0.5) is 0 Å². The van der Waals surface area contributed by atoms with E-state index in [-0.39, 0.29) is 0 Å². The van der Waals surface area contributed by atoms with Gasteiger partial charge in [-0.05, 0) is 22.6 Å². The molecule has 2 heteroatoms. The first-order chi connectivity index (χ1) is 9.92. The average molecular weight is 261 g/mol. The van der Waals surface area contributed by atoms with Gasteiger partial charge in [0.15, 0.2) is 0 Å². The molecule has 0 saturated carbocycles. The summed E-state index contributed by atoms with van der Waals surface area (Å²) in [6.07, 6.45) is 0. The predicted octanol–water partition coefficient (Wildman–Crippen LogP) is 3.95. The van der Waals surface area contributed by atoms with Crippen molar-refractivity contribution in [3.05, 3.63) is 66.2 Å². The zero-order chi connectivity index (χ0) is 13.4. The molecule has 3 aromatic carbocycles. The Bertz CT molecular complexity index is 765. The SMILES string of the molecule is c1ccc(-c2ccc3ccc4c(c3c2)OCNC4)cc1. The molecule has 1 aliphatic rings. The van der Waals surface area contributed by atoms with Crippen LogP contribution in [0.5, 0.6) is 5.75 Å². The highest BCUT2D eigenvalue weighted by atomic mass is 16.5. The number of nitrogens with one attached hydrogen (secondary N) is 1. The molecule has 98 valence electrons. The van der Waals surface area contributed by atoms with Crippen LogP contribution in [-0.4, -0.2) is 6.73 Å². The molecular formula is C18H15NO. The van der Waals surface area contributed by atoms with E-state index < -0.39 is 0 Å². The van der Waals surface area contributed by atoms with Crippen molar-refractivity contribution in [1.82, 2.24) is 5.32 Å². The molecule has 1 aliphatic heterocycles. The molecule has 0 atom stereocenters. The Hall–Kier alpha value is -2.32. The highest BCUT2D eigenvalue weighted by Gasteiger charge is 2.13. The van der Waals surface area contributed by atoms with Gasteiger partial charge in [0.25, 0.3) is 0 Å². The lowest BCUT2D eigenvalue weighted by Crippen LogP contribution is -2.25. The number of hydrogen-bond acceptors (Lipinski definition) is 2. The lowest BCUT2D eigenvalue weighted by atomic mass is 9.98. The van der Waals surface area contributed by atoms with Crippen LogP contribution in [0.2, 0.25) is 0 Å². The molecule has 0 unspecified atom stereocenters. The fourth-order valence-electron chi connectivity index (χ4n) is 2.77. The van der Waals surface area contributed by atoms with Crippen LogP contribution < -0.4 is 10.1 Å². The Labute approximate surface area is 118 Å². The number of ether oxygens (including phenoxy) is 1. The van der Waals surface area contributed by atoms with Gasteiger partial charge in [-0.3, -0.25) is 5.32 Å². The van der Waals surface area contributed by atoms with Crippen molar-refractivity contribution >= 4 is 10.8 Å². The molecule has 4 rings (SSSR count). The minimum Gasteiger partial charge on any atom is -0.477 e. The molecule has 0 saturated heterocycles. The van der Waals surface area contributed by atoms with Crippen LogP contribution in [0, 0.1) is 0 Å². The molecule has 20 heavy (non-hydrogen) atoms. The molecule has 0 aromatic heterocycles. The highest BCUT2D eigenvalue weighted by Crippen LogP contribution is 2.34. The van der Waals surface area contributed by atoms with Crippen molar-refractivity contribution in [2.24, 2.45) is 0 Å². The number of fused-ring (bicyclic) bond motifs is 3. The van der Waals surface area contributed by atoms with Gasteiger partial charge in [-0.25, -0.2) is 0 Å². The molecule has 0 bridgehead atoms. The van der Waals surface area contributed by atoms with Gasteiger partial charge >= 0.3 is 0 Å². The van der Waals surface area contributed by atoms with Crippen LogP contribution >= 0.6 is 0 Å². The van der Waals surface area contributed by atoms with Crippen molar-refractivity contribution < 1.29 is 4.74 Å². The third kappa shape index (κ3) is 1.86. The fraction of sp³-hybridized carbons (Fsp3) is 0.111. The first-order valence-corrected chi connectivity index (χ1v) is 6.86. The van der Waals surface area contributed by atoms with Gasteiger partial charge in [-0.2, -0.15) is 0 Å². The summed E-state index contributed by atoms with van der Waals surface area (Å²) in [6, 6.07) is 21.3. The van der Waals surface area contributed by atoms with Crippen LogP contribution in [0.15, 0.2) is 60.7 Å². The average Bonchev–Trinajstić information content (AvgIpc) is 2.55. The number of hydrogen-bond donors (Lipinski definition) is 1. The third-order valence-corrected chi connectivity index (χ3v) is 3.79. The molecule has 0 amide bonds. The largest absolute Gasteiger partial charge is 0.477 e. The van der Waals surface area contributed by atoms with Gasteiger partial charge in [0.05, 0.1) is 0 Å². The van der Waals surface area contributed by atoms with Crippen molar-refractivity contribution in [2.75, 3.05) is 6.73 Å². The van der Waals surface area contributed by atoms with Gasteiger partial charge in [-0.1, -0.05) is 54.6 Å². The Morgan fingerprint density at radius 1 is 0.850 bits per heavy atom. The van der Waals surface area contributed by atoms with Crippen LogP contribution in [-0.2, 0) is 6.54 Å². The number of benzene rings is 3. The summed E-state index contributed by atoms with van der Waals surface area (Å²) in [7, 11) is 0. The molecule has 0 spiro atoms. The Morgan fingerprint density at radius 3 is 2.60 bits per heavy atom.